The van der Waals surface area contributed by atoms with Gasteiger partial charge in [0.2, 0.25) is 0 Å². The number of rotatable bonds is 3. The minimum absolute atomic E-state index is 0.257. The first-order chi connectivity index (χ1) is 10.2. The van der Waals surface area contributed by atoms with E-state index in [1.807, 2.05) is 24.3 Å². The molecule has 21 heavy (non-hydrogen) atoms. The zero-order chi connectivity index (χ0) is 14.7. The first kappa shape index (κ1) is 13.1. The van der Waals surface area contributed by atoms with Gasteiger partial charge in [-0.1, -0.05) is 18.2 Å². The third-order valence-corrected chi connectivity index (χ3v) is 3.20. The number of hydrogen-bond acceptors (Lipinski definition) is 3. The number of aromatic nitrogens is 2. The monoisotopic (exact) mass is 279 g/mol. The second-order valence-electron chi connectivity index (χ2n) is 4.64. The second kappa shape index (κ2) is 5.58. The van der Waals surface area contributed by atoms with Crippen LogP contribution >= 0.6 is 0 Å². The summed E-state index contributed by atoms with van der Waals surface area (Å²) < 4.78 is 0. The number of aromatic amines is 1. The fraction of sp³-hybridized carbons (Fsp3) is 0.0625. The molecule has 5 heteroatoms. The lowest BCUT2D eigenvalue weighted by atomic mass is 10.1. The standard InChI is InChI=1S/C16H13N3O2/c20-15-13-4-2-1-3-12(13)9-14(19-15)16(21)18-10-11-5-7-17-8-6-11/h1-9H,10H2,(H,18,21)(H,19,20). The maximum Gasteiger partial charge on any atom is 0.268 e. The summed E-state index contributed by atoms with van der Waals surface area (Å²) in [7, 11) is 0. The fourth-order valence-electron chi connectivity index (χ4n) is 2.11. The number of pyridine rings is 2. The van der Waals surface area contributed by atoms with Crippen LogP contribution in [0.15, 0.2) is 59.7 Å². The molecule has 0 atom stereocenters. The summed E-state index contributed by atoms with van der Waals surface area (Å²) in [4.78, 5) is 30.6. The molecular formula is C16H13N3O2. The van der Waals surface area contributed by atoms with Gasteiger partial charge in [-0.25, -0.2) is 0 Å². The van der Waals surface area contributed by atoms with E-state index >= 15 is 0 Å². The Morgan fingerprint density at radius 2 is 1.90 bits per heavy atom. The fourth-order valence-corrected chi connectivity index (χ4v) is 2.11. The van der Waals surface area contributed by atoms with Crippen molar-refractivity contribution in [1.29, 1.82) is 0 Å². The highest BCUT2D eigenvalue weighted by molar-refractivity contribution is 5.96. The molecule has 0 saturated carbocycles. The molecule has 0 bridgehead atoms. The van der Waals surface area contributed by atoms with Crippen LogP contribution in [0.2, 0.25) is 0 Å². The lowest BCUT2D eigenvalue weighted by Crippen LogP contribution is -2.26. The molecule has 0 spiro atoms. The molecule has 3 aromatic rings. The van der Waals surface area contributed by atoms with Gasteiger partial charge in [-0.3, -0.25) is 14.6 Å². The molecule has 3 rings (SSSR count). The van der Waals surface area contributed by atoms with Gasteiger partial charge in [0.25, 0.3) is 11.5 Å². The minimum Gasteiger partial charge on any atom is -0.347 e. The van der Waals surface area contributed by atoms with E-state index in [1.165, 1.54) is 0 Å². The van der Waals surface area contributed by atoms with E-state index in [2.05, 4.69) is 15.3 Å². The summed E-state index contributed by atoms with van der Waals surface area (Å²) in [6.45, 7) is 0.385. The summed E-state index contributed by atoms with van der Waals surface area (Å²) in [6, 6.07) is 12.5. The topological polar surface area (TPSA) is 74.8 Å². The van der Waals surface area contributed by atoms with Crippen LogP contribution < -0.4 is 10.9 Å². The van der Waals surface area contributed by atoms with E-state index in [9.17, 15) is 9.59 Å². The number of hydrogen-bond donors (Lipinski definition) is 2. The van der Waals surface area contributed by atoms with Gasteiger partial charge in [-0.2, -0.15) is 0 Å². The Kier molecular flexibility index (Phi) is 3.47. The molecule has 0 aliphatic carbocycles. The molecule has 0 saturated heterocycles. The zero-order valence-corrected chi connectivity index (χ0v) is 11.2. The van der Waals surface area contributed by atoms with E-state index in [0.29, 0.717) is 11.9 Å². The minimum atomic E-state index is -0.310. The lowest BCUT2D eigenvalue weighted by molar-refractivity contribution is 0.0946. The summed E-state index contributed by atoms with van der Waals surface area (Å²) in [5.41, 5.74) is 0.941. The Balaban J connectivity index is 1.83. The lowest BCUT2D eigenvalue weighted by Gasteiger charge is -2.06. The van der Waals surface area contributed by atoms with Crippen LogP contribution in [0.5, 0.6) is 0 Å². The number of benzene rings is 1. The van der Waals surface area contributed by atoms with Crippen LogP contribution in [-0.4, -0.2) is 15.9 Å². The predicted octanol–water partition coefficient (Wildman–Crippen LogP) is 1.85. The molecule has 0 radical (unpaired) electrons. The van der Waals surface area contributed by atoms with Crippen LogP contribution in [0.1, 0.15) is 16.1 Å². The van der Waals surface area contributed by atoms with Crippen molar-refractivity contribution in [3.63, 3.8) is 0 Å². The number of amides is 1. The number of carbonyl (C=O) groups is 1. The molecule has 5 nitrogen and oxygen atoms in total. The van der Waals surface area contributed by atoms with Crippen molar-refractivity contribution >= 4 is 16.7 Å². The molecule has 0 aliphatic rings. The van der Waals surface area contributed by atoms with Gasteiger partial charge < -0.3 is 10.3 Å². The Morgan fingerprint density at radius 1 is 1.14 bits per heavy atom. The molecular weight excluding hydrogens is 266 g/mol. The van der Waals surface area contributed by atoms with E-state index in [1.54, 1.807) is 30.6 Å². The molecule has 2 aromatic heterocycles. The Hall–Kier alpha value is -2.95. The van der Waals surface area contributed by atoms with Crippen molar-refractivity contribution in [2.75, 3.05) is 0 Å². The van der Waals surface area contributed by atoms with Gasteiger partial charge in [-0.05, 0) is 35.2 Å². The number of H-pyrrole nitrogens is 1. The SMILES string of the molecule is O=C(NCc1ccncc1)c1cc2ccccc2c(=O)[nH]1. The van der Waals surface area contributed by atoms with Crippen LogP contribution in [0.3, 0.4) is 0 Å². The van der Waals surface area contributed by atoms with Crippen LogP contribution in [0, 0.1) is 0 Å². The number of carbonyl (C=O) groups excluding carboxylic acids is 1. The quantitative estimate of drug-likeness (QED) is 0.768. The highest BCUT2D eigenvalue weighted by Gasteiger charge is 2.08. The highest BCUT2D eigenvalue weighted by Crippen LogP contribution is 2.09. The molecule has 104 valence electrons. The van der Waals surface area contributed by atoms with Gasteiger partial charge in [-0.15, -0.1) is 0 Å². The molecule has 0 fully saturated rings. The average Bonchev–Trinajstić information content (AvgIpc) is 2.53. The maximum atomic E-state index is 12.1. The first-order valence-electron chi connectivity index (χ1n) is 6.53. The van der Waals surface area contributed by atoms with E-state index in [0.717, 1.165) is 10.9 Å². The molecule has 1 aromatic carbocycles. The number of nitrogens with zero attached hydrogens (tertiary/aromatic N) is 1. The van der Waals surface area contributed by atoms with Crippen molar-refractivity contribution in [2.24, 2.45) is 0 Å². The number of nitrogens with one attached hydrogen (secondary N) is 2. The third kappa shape index (κ3) is 2.81. The Morgan fingerprint density at radius 3 is 2.71 bits per heavy atom. The van der Waals surface area contributed by atoms with Gasteiger partial charge in [0.05, 0.1) is 0 Å². The Labute approximate surface area is 120 Å². The van der Waals surface area contributed by atoms with E-state index in [4.69, 9.17) is 0 Å². The second-order valence-corrected chi connectivity index (χ2v) is 4.64. The van der Waals surface area contributed by atoms with Gasteiger partial charge in [0, 0.05) is 24.3 Å². The van der Waals surface area contributed by atoms with Gasteiger partial charge >= 0.3 is 0 Å². The predicted molar refractivity (Wildman–Crippen MR) is 80.0 cm³/mol. The Bertz CT molecular complexity index is 841. The average molecular weight is 279 g/mol. The normalized spacial score (nSPS) is 10.5. The molecule has 2 N–H and O–H groups in total. The van der Waals surface area contributed by atoms with Gasteiger partial charge in [0.15, 0.2) is 0 Å². The molecule has 1 amide bonds. The zero-order valence-electron chi connectivity index (χ0n) is 11.2. The molecule has 0 aliphatic heterocycles. The van der Waals surface area contributed by atoms with E-state index in [-0.39, 0.29) is 17.2 Å². The molecule has 0 unspecified atom stereocenters. The number of fused-ring (bicyclic) bond motifs is 1. The van der Waals surface area contributed by atoms with Crippen LogP contribution in [0.25, 0.3) is 10.8 Å². The van der Waals surface area contributed by atoms with Crippen molar-refractivity contribution in [1.82, 2.24) is 15.3 Å². The van der Waals surface area contributed by atoms with Crippen LogP contribution in [-0.2, 0) is 6.54 Å². The summed E-state index contributed by atoms with van der Waals surface area (Å²) >= 11 is 0. The van der Waals surface area contributed by atoms with Gasteiger partial charge in [0.1, 0.15) is 5.69 Å². The first-order valence-corrected chi connectivity index (χ1v) is 6.53. The summed E-state index contributed by atoms with van der Waals surface area (Å²) in [6.07, 6.45) is 3.33. The highest BCUT2D eigenvalue weighted by atomic mass is 16.2. The van der Waals surface area contributed by atoms with Crippen LogP contribution in [0.4, 0.5) is 0 Å². The van der Waals surface area contributed by atoms with Crippen molar-refractivity contribution in [3.8, 4) is 0 Å². The van der Waals surface area contributed by atoms with E-state index < -0.39 is 0 Å². The molecule has 2 heterocycles. The smallest absolute Gasteiger partial charge is 0.268 e. The van der Waals surface area contributed by atoms with Crippen molar-refractivity contribution in [3.05, 3.63) is 76.5 Å². The van der Waals surface area contributed by atoms with Crippen molar-refractivity contribution in [2.45, 2.75) is 6.54 Å². The summed E-state index contributed by atoms with van der Waals surface area (Å²) in [5.74, 6) is -0.310. The third-order valence-electron chi connectivity index (χ3n) is 3.20. The largest absolute Gasteiger partial charge is 0.347 e. The van der Waals surface area contributed by atoms with Crippen molar-refractivity contribution < 1.29 is 4.79 Å². The maximum absolute atomic E-state index is 12.1. The summed E-state index contributed by atoms with van der Waals surface area (Å²) in [5, 5.41) is 4.09.